The van der Waals surface area contributed by atoms with Gasteiger partial charge in [-0.05, 0) is 29.5 Å². The zero-order valence-corrected chi connectivity index (χ0v) is 8.95. The predicted octanol–water partition coefficient (Wildman–Crippen LogP) is 3.63. The molecule has 0 aliphatic rings. The quantitative estimate of drug-likeness (QED) is 0.571. The standard InChI is InChI=1S/C11H9NO2S/c1-8-4-2-3-5-9(8)10-6-7-15-11(10)12(13)14/h2-7H,1H3. The van der Waals surface area contributed by atoms with Crippen LogP contribution >= 0.6 is 11.3 Å². The van der Waals surface area contributed by atoms with Crippen LogP contribution in [0.2, 0.25) is 0 Å². The van der Waals surface area contributed by atoms with Crippen LogP contribution in [0.15, 0.2) is 35.7 Å². The van der Waals surface area contributed by atoms with Crippen molar-refractivity contribution in [1.29, 1.82) is 0 Å². The lowest BCUT2D eigenvalue weighted by atomic mass is 10.0. The van der Waals surface area contributed by atoms with Crippen LogP contribution in [-0.2, 0) is 0 Å². The summed E-state index contributed by atoms with van der Waals surface area (Å²) in [6.07, 6.45) is 0. The van der Waals surface area contributed by atoms with Gasteiger partial charge in [-0.3, -0.25) is 10.1 Å². The number of hydrogen-bond donors (Lipinski definition) is 0. The van der Waals surface area contributed by atoms with Gasteiger partial charge in [0.15, 0.2) is 0 Å². The van der Waals surface area contributed by atoms with E-state index < -0.39 is 0 Å². The molecule has 2 aromatic rings. The first-order valence-corrected chi connectivity index (χ1v) is 5.36. The molecule has 1 heterocycles. The summed E-state index contributed by atoms with van der Waals surface area (Å²) < 4.78 is 0. The van der Waals surface area contributed by atoms with Gasteiger partial charge in [-0.25, -0.2) is 0 Å². The maximum atomic E-state index is 10.8. The minimum Gasteiger partial charge on any atom is -0.258 e. The fourth-order valence-corrected chi connectivity index (χ4v) is 2.25. The molecule has 1 aromatic carbocycles. The van der Waals surface area contributed by atoms with E-state index in [1.165, 1.54) is 0 Å². The van der Waals surface area contributed by atoms with Gasteiger partial charge in [-0.1, -0.05) is 35.6 Å². The zero-order chi connectivity index (χ0) is 10.8. The SMILES string of the molecule is Cc1ccccc1-c1ccsc1[N+](=O)[O-]. The molecule has 0 aliphatic carbocycles. The van der Waals surface area contributed by atoms with Crippen LogP contribution in [0.4, 0.5) is 5.00 Å². The Kier molecular flexibility index (Phi) is 2.51. The van der Waals surface area contributed by atoms with E-state index in [0.717, 1.165) is 22.5 Å². The van der Waals surface area contributed by atoms with Gasteiger partial charge in [0, 0.05) is 0 Å². The van der Waals surface area contributed by atoms with Gasteiger partial charge >= 0.3 is 5.00 Å². The highest BCUT2D eigenvalue weighted by Gasteiger charge is 2.17. The van der Waals surface area contributed by atoms with Crippen molar-refractivity contribution < 1.29 is 4.92 Å². The summed E-state index contributed by atoms with van der Waals surface area (Å²) in [5.74, 6) is 0. The summed E-state index contributed by atoms with van der Waals surface area (Å²) >= 11 is 1.16. The second-order valence-electron chi connectivity index (χ2n) is 3.21. The van der Waals surface area contributed by atoms with Crippen LogP contribution in [0, 0.1) is 17.0 Å². The molecule has 0 fully saturated rings. The molecule has 76 valence electrons. The first kappa shape index (κ1) is 9.86. The van der Waals surface area contributed by atoms with Crippen LogP contribution in [0.5, 0.6) is 0 Å². The van der Waals surface area contributed by atoms with E-state index >= 15 is 0 Å². The average molecular weight is 219 g/mol. The van der Waals surface area contributed by atoms with Crippen molar-refractivity contribution in [3.63, 3.8) is 0 Å². The van der Waals surface area contributed by atoms with Crippen molar-refractivity contribution >= 4 is 16.3 Å². The smallest absolute Gasteiger partial charge is 0.258 e. The number of hydrogen-bond acceptors (Lipinski definition) is 3. The third-order valence-electron chi connectivity index (χ3n) is 2.25. The first-order valence-electron chi connectivity index (χ1n) is 4.48. The Morgan fingerprint density at radius 2 is 1.93 bits per heavy atom. The van der Waals surface area contributed by atoms with Crippen molar-refractivity contribution in [2.75, 3.05) is 0 Å². The van der Waals surface area contributed by atoms with Gasteiger partial charge < -0.3 is 0 Å². The highest BCUT2D eigenvalue weighted by Crippen LogP contribution is 2.36. The Bertz CT molecular complexity index is 505. The molecule has 2 rings (SSSR count). The van der Waals surface area contributed by atoms with Crippen molar-refractivity contribution in [2.45, 2.75) is 6.92 Å². The molecular formula is C11H9NO2S. The van der Waals surface area contributed by atoms with E-state index in [1.807, 2.05) is 31.2 Å². The fraction of sp³-hybridized carbons (Fsp3) is 0.0909. The molecule has 0 bridgehead atoms. The van der Waals surface area contributed by atoms with Gasteiger partial charge in [0.1, 0.15) is 0 Å². The number of thiophene rings is 1. The highest BCUT2D eigenvalue weighted by molar-refractivity contribution is 7.13. The number of aryl methyl sites for hydroxylation is 1. The fourth-order valence-electron chi connectivity index (χ4n) is 1.52. The molecule has 0 saturated carbocycles. The number of benzene rings is 1. The van der Waals surface area contributed by atoms with Crippen LogP contribution in [0.3, 0.4) is 0 Å². The van der Waals surface area contributed by atoms with E-state index in [2.05, 4.69) is 0 Å². The number of nitrogens with zero attached hydrogens (tertiary/aromatic N) is 1. The molecule has 15 heavy (non-hydrogen) atoms. The second kappa shape index (κ2) is 3.82. The minimum atomic E-state index is -0.327. The summed E-state index contributed by atoms with van der Waals surface area (Å²) in [5, 5.41) is 12.7. The van der Waals surface area contributed by atoms with Crippen LogP contribution in [0.25, 0.3) is 11.1 Å². The van der Waals surface area contributed by atoms with Crippen LogP contribution < -0.4 is 0 Å². The molecule has 1 aromatic heterocycles. The molecule has 3 nitrogen and oxygen atoms in total. The van der Waals surface area contributed by atoms with Crippen molar-refractivity contribution in [2.24, 2.45) is 0 Å². The van der Waals surface area contributed by atoms with Gasteiger partial charge in [-0.2, -0.15) is 0 Å². The minimum absolute atomic E-state index is 0.212. The van der Waals surface area contributed by atoms with Crippen molar-refractivity contribution in [3.8, 4) is 11.1 Å². The number of rotatable bonds is 2. The molecule has 0 aliphatic heterocycles. The topological polar surface area (TPSA) is 43.1 Å². The van der Waals surface area contributed by atoms with E-state index in [0.29, 0.717) is 5.56 Å². The second-order valence-corrected chi connectivity index (χ2v) is 4.11. The summed E-state index contributed by atoms with van der Waals surface area (Å²) in [6, 6.07) is 9.48. The Morgan fingerprint density at radius 3 is 2.60 bits per heavy atom. The Balaban J connectivity index is 2.59. The van der Waals surface area contributed by atoms with E-state index in [4.69, 9.17) is 0 Å². The third kappa shape index (κ3) is 1.76. The van der Waals surface area contributed by atoms with E-state index in [-0.39, 0.29) is 9.92 Å². The number of nitro groups is 1. The summed E-state index contributed by atoms with van der Waals surface area (Å²) in [4.78, 5) is 10.5. The largest absolute Gasteiger partial charge is 0.331 e. The molecule has 0 unspecified atom stereocenters. The Labute approximate surface area is 91.1 Å². The lowest BCUT2D eigenvalue weighted by Crippen LogP contribution is -1.88. The van der Waals surface area contributed by atoms with Crippen molar-refractivity contribution in [3.05, 3.63) is 51.4 Å². The maximum Gasteiger partial charge on any atom is 0.331 e. The molecule has 0 amide bonds. The highest BCUT2D eigenvalue weighted by atomic mass is 32.1. The van der Waals surface area contributed by atoms with E-state index in [1.54, 1.807) is 11.4 Å². The summed E-state index contributed by atoms with van der Waals surface area (Å²) in [5.41, 5.74) is 2.70. The predicted molar refractivity (Wildman–Crippen MR) is 61.1 cm³/mol. The van der Waals surface area contributed by atoms with Gasteiger partial charge in [-0.15, -0.1) is 0 Å². The normalized spacial score (nSPS) is 10.2. The van der Waals surface area contributed by atoms with Gasteiger partial charge in [0.2, 0.25) is 0 Å². The monoisotopic (exact) mass is 219 g/mol. The van der Waals surface area contributed by atoms with Crippen LogP contribution in [-0.4, -0.2) is 4.92 Å². The molecule has 0 N–H and O–H groups in total. The molecule has 0 atom stereocenters. The van der Waals surface area contributed by atoms with Gasteiger partial charge in [0.25, 0.3) is 0 Å². The molecule has 0 spiro atoms. The summed E-state index contributed by atoms with van der Waals surface area (Å²) in [7, 11) is 0. The molecular weight excluding hydrogens is 210 g/mol. The van der Waals surface area contributed by atoms with Gasteiger partial charge in [0.05, 0.1) is 10.5 Å². The summed E-state index contributed by atoms with van der Waals surface area (Å²) in [6.45, 7) is 1.96. The molecule has 4 heteroatoms. The molecule has 0 radical (unpaired) electrons. The van der Waals surface area contributed by atoms with Crippen molar-refractivity contribution in [1.82, 2.24) is 0 Å². The zero-order valence-electron chi connectivity index (χ0n) is 8.14. The maximum absolute atomic E-state index is 10.8. The Hall–Kier alpha value is -1.68. The molecule has 0 saturated heterocycles. The van der Waals surface area contributed by atoms with E-state index in [9.17, 15) is 10.1 Å². The van der Waals surface area contributed by atoms with Crippen LogP contribution in [0.1, 0.15) is 5.56 Å². The lowest BCUT2D eigenvalue weighted by molar-refractivity contribution is -0.379. The third-order valence-corrected chi connectivity index (χ3v) is 3.11. The first-order chi connectivity index (χ1) is 7.20. The lowest BCUT2D eigenvalue weighted by Gasteiger charge is -2.01. The Morgan fingerprint density at radius 1 is 1.20 bits per heavy atom. The average Bonchev–Trinajstić information content (AvgIpc) is 2.67.